The molecule has 0 aromatic carbocycles. The van der Waals surface area contributed by atoms with Crippen LogP contribution in [0.3, 0.4) is 0 Å². The molecule has 0 bridgehead atoms. The molecule has 1 aliphatic carbocycles. The van der Waals surface area contributed by atoms with E-state index in [1.807, 2.05) is 0 Å². The van der Waals surface area contributed by atoms with Gasteiger partial charge in [0, 0.05) is 0 Å². The van der Waals surface area contributed by atoms with Gasteiger partial charge in [-0.05, 0) is 24.7 Å². The van der Waals surface area contributed by atoms with Gasteiger partial charge in [0.2, 0.25) is 0 Å². The molecule has 0 radical (unpaired) electrons. The van der Waals surface area contributed by atoms with Crippen LogP contribution in [-0.2, 0) is 0 Å². The van der Waals surface area contributed by atoms with E-state index in [9.17, 15) is 5.11 Å². The Morgan fingerprint density at radius 1 is 1.13 bits per heavy atom. The first-order chi connectivity index (χ1) is 7.24. The van der Waals surface area contributed by atoms with Gasteiger partial charge in [0.25, 0.3) is 0 Å². The second-order valence-corrected chi connectivity index (χ2v) is 5.43. The summed E-state index contributed by atoms with van der Waals surface area (Å²) in [4.78, 5) is 0. The minimum atomic E-state index is -0.0481. The van der Waals surface area contributed by atoms with E-state index < -0.39 is 0 Å². The van der Waals surface area contributed by atoms with Crippen LogP contribution in [0, 0.1) is 11.8 Å². The molecule has 0 aromatic heterocycles. The molecule has 1 heteroatoms. The third kappa shape index (κ3) is 5.01. The van der Waals surface area contributed by atoms with Gasteiger partial charge in [0.05, 0.1) is 6.10 Å². The summed E-state index contributed by atoms with van der Waals surface area (Å²) in [5.41, 5.74) is 0. The highest BCUT2D eigenvalue weighted by molar-refractivity contribution is 4.72. The van der Waals surface area contributed by atoms with Gasteiger partial charge in [-0.3, -0.25) is 0 Å². The first-order valence-electron chi connectivity index (χ1n) is 6.92. The minimum Gasteiger partial charge on any atom is -0.393 e. The lowest BCUT2D eigenvalue weighted by Crippen LogP contribution is -2.21. The van der Waals surface area contributed by atoms with Crippen LogP contribution in [0.4, 0.5) is 0 Å². The molecule has 0 heterocycles. The Morgan fingerprint density at radius 2 is 1.73 bits per heavy atom. The first kappa shape index (κ1) is 13.0. The number of hydrogen-bond acceptors (Lipinski definition) is 1. The Labute approximate surface area is 95.3 Å². The summed E-state index contributed by atoms with van der Waals surface area (Å²) in [6, 6.07) is 0. The Hall–Kier alpha value is -0.0400. The second-order valence-electron chi connectivity index (χ2n) is 5.43. The van der Waals surface area contributed by atoms with Crippen molar-refractivity contribution in [2.45, 2.75) is 77.7 Å². The summed E-state index contributed by atoms with van der Waals surface area (Å²) in [5, 5.41) is 10.1. The summed E-state index contributed by atoms with van der Waals surface area (Å²) >= 11 is 0. The van der Waals surface area contributed by atoms with E-state index in [0.29, 0.717) is 5.92 Å². The molecular formula is C14H28O. The Morgan fingerprint density at radius 3 is 2.27 bits per heavy atom. The fourth-order valence-corrected chi connectivity index (χ4v) is 2.82. The van der Waals surface area contributed by atoms with Crippen LogP contribution in [0.25, 0.3) is 0 Å². The Balaban J connectivity index is 2.25. The maximum atomic E-state index is 10.1. The van der Waals surface area contributed by atoms with Crippen LogP contribution in [0.1, 0.15) is 71.6 Å². The molecule has 1 rings (SSSR count). The molecule has 2 atom stereocenters. The largest absolute Gasteiger partial charge is 0.393 e. The maximum Gasteiger partial charge on any atom is 0.0568 e. The number of aliphatic hydroxyl groups is 1. The van der Waals surface area contributed by atoms with Crippen LogP contribution < -0.4 is 0 Å². The topological polar surface area (TPSA) is 20.2 Å². The van der Waals surface area contributed by atoms with Gasteiger partial charge in [-0.15, -0.1) is 0 Å². The number of aliphatic hydroxyl groups excluding tert-OH is 1. The molecule has 2 unspecified atom stereocenters. The zero-order valence-electron chi connectivity index (χ0n) is 10.5. The van der Waals surface area contributed by atoms with E-state index in [4.69, 9.17) is 0 Å². The highest BCUT2D eigenvalue weighted by Crippen LogP contribution is 2.28. The third-order valence-electron chi connectivity index (χ3n) is 3.95. The van der Waals surface area contributed by atoms with Crippen LogP contribution in [-0.4, -0.2) is 11.2 Å². The van der Waals surface area contributed by atoms with E-state index in [2.05, 4.69) is 13.8 Å². The van der Waals surface area contributed by atoms with Crippen molar-refractivity contribution in [2.75, 3.05) is 0 Å². The highest BCUT2D eigenvalue weighted by Gasteiger charge is 2.20. The fraction of sp³-hybridized carbons (Fsp3) is 1.00. The molecular weight excluding hydrogens is 184 g/mol. The molecule has 1 nitrogen and oxygen atoms in total. The molecule has 0 aromatic rings. The minimum absolute atomic E-state index is 0.0481. The molecule has 1 saturated carbocycles. The molecule has 0 aliphatic heterocycles. The van der Waals surface area contributed by atoms with E-state index in [0.717, 1.165) is 12.3 Å². The van der Waals surface area contributed by atoms with Crippen molar-refractivity contribution in [3.63, 3.8) is 0 Å². The van der Waals surface area contributed by atoms with Crippen molar-refractivity contribution in [1.29, 1.82) is 0 Å². The number of hydrogen-bond donors (Lipinski definition) is 1. The lowest BCUT2D eigenvalue weighted by molar-refractivity contribution is 0.0820. The van der Waals surface area contributed by atoms with Crippen molar-refractivity contribution >= 4 is 0 Å². The molecule has 0 spiro atoms. The van der Waals surface area contributed by atoms with Crippen LogP contribution in [0.2, 0.25) is 0 Å². The van der Waals surface area contributed by atoms with E-state index in [-0.39, 0.29) is 6.10 Å². The van der Waals surface area contributed by atoms with E-state index in [1.165, 1.54) is 51.4 Å². The molecule has 90 valence electrons. The van der Waals surface area contributed by atoms with Gasteiger partial charge in [-0.2, -0.15) is 0 Å². The predicted octanol–water partition coefficient (Wildman–Crippen LogP) is 4.14. The standard InChI is InChI=1S/C14H28O/c1-3-8-12(2)14(15)11-13-9-6-4-5-7-10-13/h12-15H,3-11H2,1-2H3. The smallest absolute Gasteiger partial charge is 0.0568 e. The normalized spacial score (nSPS) is 23.4. The quantitative estimate of drug-likeness (QED) is 0.679. The predicted molar refractivity (Wildman–Crippen MR) is 65.9 cm³/mol. The van der Waals surface area contributed by atoms with Crippen LogP contribution in [0.5, 0.6) is 0 Å². The van der Waals surface area contributed by atoms with Gasteiger partial charge in [-0.1, -0.05) is 58.8 Å². The van der Waals surface area contributed by atoms with Gasteiger partial charge in [0.15, 0.2) is 0 Å². The SMILES string of the molecule is CCCC(C)C(O)CC1CCCCCC1. The van der Waals surface area contributed by atoms with Crippen molar-refractivity contribution in [1.82, 2.24) is 0 Å². The first-order valence-corrected chi connectivity index (χ1v) is 6.92. The number of rotatable bonds is 5. The zero-order chi connectivity index (χ0) is 11.1. The highest BCUT2D eigenvalue weighted by atomic mass is 16.3. The third-order valence-corrected chi connectivity index (χ3v) is 3.95. The second kappa shape index (κ2) is 7.27. The average Bonchev–Trinajstić information content (AvgIpc) is 2.46. The summed E-state index contributed by atoms with van der Waals surface area (Å²) in [7, 11) is 0. The van der Waals surface area contributed by atoms with Crippen molar-refractivity contribution in [3.05, 3.63) is 0 Å². The van der Waals surface area contributed by atoms with Crippen LogP contribution >= 0.6 is 0 Å². The average molecular weight is 212 g/mol. The zero-order valence-corrected chi connectivity index (χ0v) is 10.5. The van der Waals surface area contributed by atoms with Crippen molar-refractivity contribution in [2.24, 2.45) is 11.8 Å². The lowest BCUT2D eigenvalue weighted by atomic mass is 9.87. The Bertz CT molecular complexity index is 147. The molecule has 1 fully saturated rings. The van der Waals surface area contributed by atoms with Crippen molar-refractivity contribution in [3.8, 4) is 0 Å². The Kier molecular flexibility index (Phi) is 6.31. The summed E-state index contributed by atoms with van der Waals surface area (Å²) in [5.74, 6) is 1.31. The van der Waals surface area contributed by atoms with E-state index >= 15 is 0 Å². The molecule has 0 amide bonds. The molecule has 0 saturated heterocycles. The van der Waals surface area contributed by atoms with Crippen LogP contribution in [0.15, 0.2) is 0 Å². The molecule has 1 N–H and O–H groups in total. The van der Waals surface area contributed by atoms with Gasteiger partial charge < -0.3 is 5.11 Å². The molecule has 15 heavy (non-hydrogen) atoms. The molecule has 1 aliphatic rings. The van der Waals surface area contributed by atoms with Gasteiger partial charge in [-0.25, -0.2) is 0 Å². The maximum absolute atomic E-state index is 10.1. The van der Waals surface area contributed by atoms with Gasteiger partial charge >= 0.3 is 0 Å². The summed E-state index contributed by atoms with van der Waals surface area (Å²) in [6.07, 6.45) is 11.7. The van der Waals surface area contributed by atoms with Gasteiger partial charge in [0.1, 0.15) is 0 Å². The lowest BCUT2D eigenvalue weighted by Gasteiger charge is -2.23. The van der Waals surface area contributed by atoms with Crippen molar-refractivity contribution < 1.29 is 5.11 Å². The monoisotopic (exact) mass is 212 g/mol. The fourth-order valence-electron chi connectivity index (χ4n) is 2.82. The summed E-state index contributed by atoms with van der Waals surface area (Å²) in [6.45, 7) is 4.40. The summed E-state index contributed by atoms with van der Waals surface area (Å²) < 4.78 is 0. The van der Waals surface area contributed by atoms with E-state index in [1.54, 1.807) is 0 Å².